The lowest BCUT2D eigenvalue weighted by molar-refractivity contribution is -0.139. The van der Waals surface area contributed by atoms with Crippen LogP contribution in [0.25, 0.3) is 10.9 Å². The van der Waals surface area contributed by atoms with Gasteiger partial charge < -0.3 is 19.8 Å². The van der Waals surface area contributed by atoms with Gasteiger partial charge in [-0.05, 0) is 99.0 Å². The van der Waals surface area contributed by atoms with Crippen molar-refractivity contribution < 1.29 is 19.7 Å². The fourth-order valence-electron chi connectivity index (χ4n) is 5.88. The van der Waals surface area contributed by atoms with Crippen LogP contribution in [-0.4, -0.2) is 63.8 Å². The number of thioether (sulfide) groups is 1. The summed E-state index contributed by atoms with van der Waals surface area (Å²) in [5, 5.41) is 22.4. The molecular formula is C28H40N2O4S. The Morgan fingerprint density at radius 2 is 2.06 bits per heavy atom. The molecular weight excluding hydrogens is 460 g/mol. The van der Waals surface area contributed by atoms with Crippen LogP contribution in [0.15, 0.2) is 30.5 Å². The second-order valence-electron chi connectivity index (χ2n) is 10.2. The summed E-state index contributed by atoms with van der Waals surface area (Å²) in [5.41, 5.74) is 1.70. The Morgan fingerprint density at radius 3 is 2.83 bits per heavy atom. The van der Waals surface area contributed by atoms with Gasteiger partial charge in [-0.3, -0.25) is 9.78 Å². The Labute approximate surface area is 213 Å². The lowest BCUT2D eigenvalue weighted by Crippen LogP contribution is -2.42. The average molecular weight is 501 g/mol. The standard InChI is InChI=1S/C28H40N2O4S/c1-34-22-8-9-26-25(18-22)24(11-13-29-26)27(31)10-7-20-12-15-30(19-21(20)17-28(32)33)14-4-16-35-23-5-2-3-6-23/h8-9,11,13,18,20-21,23,27,31H,2-7,10,12,14-17,19H2,1H3,(H,32,33)/t20-,21+,27-/m1/s1. The molecule has 1 aromatic heterocycles. The highest BCUT2D eigenvalue weighted by atomic mass is 32.2. The molecule has 0 radical (unpaired) electrons. The van der Waals surface area contributed by atoms with Crippen LogP contribution in [0, 0.1) is 11.8 Å². The van der Waals surface area contributed by atoms with Crippen molar-refractivity contribution in [2.24, 2.45) is 11.8 Å². The normalized spacial score (nSPS) is 22.5. The number of likely N-dealkylation sites (tertiary alicyclic amines) is 1. The van der Waals surface area contributed by atoms with Gasteiger partial charge in [0.05, 0.1) is 18.7 Å². The van der Waals surface area contributed by atoms with Gasteiger partial charge in [-0.1, -0.05) is 12.8 Å². The molecule has 1 saturated heterocycles. The van der Waals surface area contributed by atoms with Crippen LogP contribution in [0.4, 0.5) is 0 Å². The first-order chi connectivity index (χ1) is 17.0. The quantitative estimate of drug-likeness (QED) is 0.371. The molecule has 2 fully saturated rings. The number of aliphatic carboxylic acids is 1. The van der Waals surface area contributed by atoms with Crippen molar-refractivity contribution in [3.63, 3.8) is 0 Å². The fourth-order valence-corrected chi connectivity index (χ4v) is 7.18. The summed E-state index contributed by atoms with van der Waals surface area (Å²) in [5.74, 6) is 1.71. The molecule has 4 rings (SSSR count). The summed E-state index contributed by atoms with van der Waals surface area (Å²) in [4.78, 5) is 18.5. The van der Waals surface area contributed by atoms with Crippen LogP contribution >= 0.6 is 11.8 Å². The van der Waals surface area contributed by atoms with Gasteiger partial charge in [-0.2, -0.15) is 11.8 Å². The van der Waals surface area contributed by atoms with E-state index >= 15 is 0 Å². The minimum atomic E-state index is -0.716. The summed E-state index contributed by atoms with van der Waals surface area (Å²) in [6, 6.07) is 7.60. The summed E-state index contributed by atoms with van der Waals surface area (Å²) in [7, 11) is 1.64. The first-order valence-corrected chi connectivity index (χ1v) is 14.2. The van der Waals surface area contributed by atoms with E-state index in [4.69, 9.17) is 4.74 Å². The van der Waals surface area contributed by atoms with Gasteiger partial charge in [-0.15, -0.1) is 0 Å². The Bertz CT molecular complexity index is 965. The molecule has 192 valence electrons. The number of pyridine rings is 1. The number of hydrogen-bond donors (Lipinski definition) is 2. The Kier molecular flexibility index (Phi) is 9.69. The van der Waals surface area contributed by atoms with Crippen molar-refractivity contribution in [2.45, 2.75) is 69.1 Å². The summed E-state index contributed by atoms with van der Waals surface area (Å²) in [6.07, 6.45) is 10.5. The molecule has 2 aliphatic rings. The highest BCUT2D eigenvalue weighted by Gasteiger charge is 2.31. The predicted octanol–water partition coefficient (Wildman–Crippen LogP) is 5.54. The third kappa shape index (κ3) is 7.34. The SMILES string of the molecule is COc1ccc2nccc([C@H](O)CC[C@@H]3CCN(CCCSC4CCCC4)C[C@@H]3CC(=O)O)c2c1. The number of rotatable bonds is 12. The first-order valence-electron chi connectivity index (χ1n) is 13.2. The Balaban J connectivity index is 1.30. The molecule has 1 saturated carbocycles. The maximum absolute atomic E-state index is 11.6. The van der Waals surface area contributed by atoms with E-state index in [0.717, 1.165) is 59.9 Å². The number of hydrogen-bond acceptors (Lipinski definition) is 6. The molecule has 2 heterocycles. The number of aliphatic hydroxyl groups excluding tert-OH is 1. The lowest BCUT2D eigenvalue weighted by atomic mass is 9.79. The number of benzene rings is 1. The highest BCUT2D eigenvalue weighted by Crippen LogP contribution is 2.35. The number of piperidine rings is 1. The third-order valence-electron chi connectivity index (χ3n) is 7.84. The van der Waals surface area contributed by atoms with Crippen LogP contribution in [-0.2, 0) is 4.79 Å². The van der Waals surface area contributed by atoms with E-state index in [1.807, 2.05) is 24.3 Å². The maximum atomic E-state index is 11.6. The topological polar surface area (TPSA) is 82.9 Å². The molecule has 1 aromatic carbocycles. The van der Waals surface area contributed by atoms with E-state index in [-0.39, 0.29) is 12.3 Å². The number of carbonyl (C=O) groups is 1. The number of aliphatic hydroxyl groups is 1. The highest BCUT2D eigenvalue weighted by molar-refractivity contribution is 7.99. The van der Waals surface area contributed by atoms with Gasteiger partial charge in [0.2, 0.25) is 0 Å². The zero-order chi connectivity index (χ0) is 24.6. The molecule has 1 aliphatic heterocycles. The Morgan fingerprint density at radius 1 is 1.23 bits per heavy atom. The van der Waals surface area contributed by atoms with Gasteiger partial charge in [0, 0.05) is 29.8 Å². The summed E-state index contributed by atoms with van der Waals surface area (Å²) in [6.45, 7) is 2.95. The second-order valence-corrected chi connectivity index (χ2v) is 11.6. The number of ether oxygens (including phenoxy) is 1. The molecule has 3 atom stereocenters. The van der Waals surface area contributed by atoms with Crippen LogP contribution in [0.2, 0.25) is 0 Å². The number of aromatic nitrogens is 1. The van der Waals surface area contributed by atoms with Gasteiger partial charge >= 0.3 is 5.97 Å². The molecule has 0 amide bonds. The largest absolute Gasteiger partial charge is 0.497 e. The van der Waals surface area contributed by atoms with E-state index < -0.39 is 12.1 Å². The van der Waals surface area contributed by atoms with Gasteiger partial charge in [0.1, 0.15) is 5.75 Å². The average Bonchev–Trinajstić information content (AvgIpc) is 3.38. The zero-order valence-electron chi connectivity index (χ0n) is 20.9. The number of nitrogens with zero attached hydrogens (tertiary/aromatic N) is 2. The van der Waals surface area contributed by atoms with E-state index in [0.29, 0.717) is 12.3 Å². The van der Waals surface area contributed by atoms with E-state index in [9.17, 15) is 15.0 Å². The molecule has 1 aliphatic carbocycles. The molecule has 0 bridgehead atoms. The van der Waals surface area contributed by atoms with E-state index in [1.54, 1.807) is 13.3 Å². The third-order valence-corrected chi connectivity index (χ3v) is 9.31. The fraction of sp³-hybridized carbons (Fsp3) is 0.643. The van der Waals surface area contributed by atoms with Crippen molar-refractivity contribution in [3.05, 3.63) is 36.0 Å². The summed E-state index contributed by atoms with van der Waals surface area (Å²) >= 11 is 2.14. The van der Waals surface area contributed by atoms with Gasteiger partial charge in [-0.25, -0.2) is 0 Å². The monoisotopic (exact) mass is 500 g/mol. The zero-order valence-corrected chi connectivity index (χ0v) is 21.7. The minimum Gasteiger partial charge on any atom is -0.497 e. The predicted molar refractivity (Wildman–Crippen MR) is 142 cm³/mol. The first kappa shape index (κ1) is 26.2. The molecule has 7 heteroatoms. The maximum Gasteiger partial charge on any atom is 0.303 e. The molecule has 2 N–H and O–H groups in total. The molecule has 6 nitrogen and oxygen atoms in total. The van der Waals surface area contributed by atoms with E-state index in [2.05, 4.69) is 21.6 Å². The van der Waals surface area contributed by atoms with Crippen molar-refractivity contribution >= 4 is 28.6 Å². The molecule has 0 unspecified atom stereocenters. The second kappa shape index (κ2) is 12.9. The van der Waals surface area contributed by atoms with Gasteiger partial charge in [0.15, 0.2) is 0 Å². The molecule has 35 heavy (non-hydrogen) atoms. The van der Waals surface area contributed by atoms with Crippen molar-refractivity contribution in [3.8, 4) is 5.75 Å². The van der Waals surface area contributed by atoms with E-state index in [1.165, 1.54) is 37.9 Å². The van der Waals surface area contributed by atoms with Crippen LogP contribution in [0.3, 0.4) is 0 Å². The number of methoxy groups -OCH3 is 1. The smallest absolute Gasteiger partial charge is 0.303 e. The number of fused-ring (bicyclic) bond motifs is 1. The minimum absolute atomic E-state index is 0.144. The Hall–Kier alpha value is -1.83. The lowest BCUT2D eigenvalue weighted by Gasteiger charge is -2.38. The van der Waals surface area contributed by atoms with Gasteiger partial charge in [0.25, 0.3) is 0 Å². The van der Waals surface area contributed by atoms with Crippen LogP contribution in [0.5, 0.6) is 5.75 Å². The number of carboxylic acids is 1. The molecule has 2 aromatic rings. The van der Waals surface area contributed by atoms with Crippen molar-refractivity contribution in [1.82, 2.24) is 9.88 Å². The van der Waals surface area contributed by atoms with Crippen molar-refractivity contribution in [1.29, 1.82) is 0 Å². The number of carboxylic acid groups (broad SMARTS) is 1. The van der Waals surface area contributed by atoms with Crippen LogP contribution in [0.1, 0.15) is 69.5 Å². The van der Waals surface area contributed by atoms with Crippen LogP contribution < -0.4 is 4.74 Å². The summed E-state index contributed by atoms with van der Waals surface area (Å²) < 4.78 is 5.36. The molecule has 0 spiro atoms. The van der Waals surface area contributed by atoms with Crippen molar-refractivity contribution in [2.75, 3.05) is 32.5 Å².